The second-order valence-corrected chi connectivity index (χ2v) is 10.4. The third-order valence-corrected chi connectivity index (χ3v) is 6.79. The summed E-state index contributed by atoms with van der Waals surface area (Å²) in [6, 6.07) is 21.9. The molecule has 0 saturated heterocycles. The van der Waals surface area contributed by atoms with Gasteiger partial charge in [0.15, 0.2) is 15.5 Å². The zero-order chi connectivity index (χ0) is 25.3. The quantitative estimate of drug-likeness (QED) is 0.341. The van der Waals surface area contributed by atoms with E-state index < -0.39 is 15.7 Å². The van der Waals surface area contributed by atoms with Crippen molar-refractivity contribution >= 4 is 32.5 Å². The third kappa shape index (κ3) is 5.01. The van der Waals surface area contributed by atoms with Crippen LogP contribution in [0.2, 0.25) is 0 Å². The Morgan fingerprint density at radius 2 is 1.75 bits per heavy atom. The van der Waals surface area contributed by atoms with Gasteiger partial charge in [0.25, 0.3) is 0 Å². The van der Waals surface area contributed by atoms with E-state index in [1.54, 1.807) is 30.5 Å². The van der Waals surface area contributed by atoms with Crippen LogP contribution in [0.5, 0.6) is 0 Å². The fourth-order valence-corrected chi connectivity index (χ4v) is 4.64. The summed E-state index contributed by atoms with van der Waals surface area (Å²) >= 11 is 0. The molecular formula is C27H21FN4O3S. The number of H-pyrrole nitrogens is 1. The van der Waals surface area contributed by atoms with E-state index >= 15 is 0 Å². The number of benzene rings is 3. The molecule has 36 heavy (non-hydrogen) atoms. The van der Waals surface area contributed by atoms with Crippen molar-refractivity contribution in [2.24, 2.45) is 0 Å². The maximum atomic E-state index is 14.5. The van der Waals surface area contributed by atoms with E-state index in [0.717, 1.165) is 11.8 Å². The van der Waals surface area contributed by atoms with E-state index in [1.807, 2.05) is 36.4 Å². The van der Waals surface area contributed by atoms with Crippen molar-refractivity contribution in [1.82, 2.24) is 15.2 Å². The molecule has 0 aliphatic heterocycles. The monoisotopic (exact) mass is 500 g/mol. The van der Waals surface area contributed by atoms with E-state index in [0.29, 0.717) is 39.1 Å². The Labute approximate surface area is 206 Å². The van der Waals surface area contributed by atoms with Crippen molar-refractivity contribution in [2.45, 2.75) is 11.3 Å². The lowest BCUT2D eigenvalue weighted by atomic mass is 10.0. The highest BCUT2D eigenvalue weighted by molar-refractivity contribution is 7.90. The molecule has 0 aliphatic rings. The number of nitrogens with one attached hydrogen (secondary N) is 2. The highest BCUT2D eigenvalue weighted by Gasteiger charge is 2.15. The number of hydrogen-bond donors (Lipinski definition) is 2. The normalized spacial score (nSPS) is 11.5. The summed E-state index contributed by atoms with van der Waals surface area (Å²) in [5.41, 5.74) is 3.96. The van der Waals surface area contributed by atoms with Crippen molar-refractivity contribution in [2.75, 3.05) is 11.6 Å². The van der Waals surface area contributed by atoms with E-state index in [-0.39, 0.29) is 17.2 Å². The standard InChI is InChI=1S/C27H21FN4O3S/c1-36(34,35)23-9-5-8-18(13-23)20-14-24-26(31-32-27(24)29-16-20)19-11-21(28)15-22(12-19)30-25(33)10-17-6-3-2-4-7-17/h2-9,11-16H,10H2,1H3,(H,30,33)(H,29,31,32). The van der Waals surface area contributed by atoms with Crippen LogP contribution in [0.3, 0.4) is 0 Å². The molecule has 0 bridgehead atoms. The van der Waals surface area contributed by atoms with Gasteiger partial charge in [0, 0.05) is 34.7 Å². The highest BCUT2D eigenvalue weighted by Crippen LogP contribution is 2.31. The summed E-state index contributed by atoms with van der Waals surface area (Å²) in [5.74, 6) is -0.780. The van der Waals surface area contributed by atoms with Gasteiger partial charge in [0.2, 0.25) is 5.91 Å². The van der Waals surface area contributed by atoms with Gasteiger partial charge in [0.05, 0.1) is 17.0 Å². The first kappa shape index (κ1) is 23.4. The fourth-order valence-electron chi connectivity index (χ4n) is 3.98. The van der Waals surface area contributed by atoms with Gasteiger partial charge < -0.3 is 5.32 Å². The Morgan fingerprint density at radius 3 is 2.53 bits per heavy atom. The molecule has 0 unspecified atom stereocenters. The molecule has 1 amide bonds. The summed E-state index contributed by atoms with van der Waals surface area (Å²) in [4.78, 5) is 17.1. The summed E-state index contributed by atoms with van der Waals surface area (Å²) in [7, 11) is -3.37. The number of carbonyl (C=O) groups excluding carboxylic acids is 1. The molecule has 0 fully saturated rings. The minimum absolute atomic E-state index is 0.166. The number of hydrogen-bond acceptors (Lipinski definition) is 5. The molecular weight excluding hydrogens is 479 g/mol. The van der Waals surface area contributed by atoms with Gasteiger partial charge in [-0.25, -0.2) is 17.8 Å². The van der Waals surface area contributed by atoms with E-state index in [2.05, 4.69) is 20.5 Å². The fraction of sp³-hybridized carbons (Fsp3) is 0.0741. The molecule has 0 radical (unpaired) electrons. The molecule has 0 aliphatic carbocycles. The van der Waals surface area contributed by atoms with Gasteiger partial charge in [-0.3, -0.25) is 9.89 Å². The summed E-state index contributed by atoms with van der Waals surface area (Å²) in [6.45, 7) is 0. The van der Waals surface area contributed by atoms with E-state index in [9.17, 15) is 17.6 Å². The van der Waals surface area contributed by atoms with Crippen molar-refractivity contribution in [3.8, 4) is 22.4 Å². The van der Waals surface area contributed by atoms with Crippen LogP contribution < -0.4 is 5.32 Å². The van der Waals surface area contributed by atoms with Crippen LogP contribution in [0.15, 0.2) is 90.0 Å². The zero-order valence-electron chi connectivity index (χ0n) is 19.2. The van der Waals surface area contributed by atoms with Crippen LogP contribution in [0.25, 0.3) is 33.4 Å². The number of aromatic nitrogens is 3. The molecule has 2 heterocycles. The minimum Gasteiger partial charge on any atom is -0.326 e. The van der Waals surface area contributed by atoms with Crippen LogP contribution in [-0.4, -0.2) is 35.8 Å². The van der Waals surface area contributed by atoms with Crippen LogP contribution in [-0.2, 0) is 21.1 Å². The molecule has 3 aromatic carbocycles. The van der Waals surface area contributed by atoms with E-state index in [1.165, 1.54) is 18.2 Å². The largest absolute Gasteiger partial charge is 0.326 e. The van der Waals surface area contributed by atoms with Crippen LogP contribution in [0, 0.1) is 5.82 Å². The first-order valence-corrected chi connectivity index (χ1v) is 12.9. The highest BCUT2D eigenvalue weighted by atomic mass is 32.2. The predicted octanol–water partition coefficient (Wildman–Crippen LogP) is 5.02. The second-order valence-electron chi connectivity index (χ2n) is 8.43. The number of carbonyl (C=O) groups is 1. The number of pyridine rings is 1. The Balaban J connectivity index is 1.49. The molecule has 7 nitrogen and oxygen atoms in total. The lowest BCUT2D eigenvalue weighted by Crippen LogP contribution is -2.14. The molecule has 5 rings (SSSR count). The minimum atomic E-state index is -3.37. The molecule has 5 aromatic rings. The van der Waals surface area contributed by atoms with Crippen LogP contribution in [0.4, 0.5) is 10.1 Å². The number of nitrogens with zero attached hydrogens (tertiary/aromatic N) is 2. The molecule has 2 aromatic heterocycles. The smallest absolute Gasteiger partial charge is 0.228 e. The van der Waals surface area contributed by atoms with Crippen LogP contribution >= 0.6 is 0 Å². The predicted molar refractivity (Wildman–Crippen MR) is 137 cm³/mol. The number of halogens is 1. The van der Waals surface area contributed by atoms with Crippen LogP contribution in [0.1, 0.15) is 5.56 Å². The van der Waals surface area contributed by atoms with Gasteiger partial charge >= 0.3 is 0 Å². The Hall–Kier alpha value is -4.37. The topological polar surface area (TPSA) is 105 Å². The lowest BCUT2D eigenvalue weighted by Gasteiger charge is -2.09. The number of fused-ring (bicyclic) bond motifs is 1. The van der Waals surface area contributed by atoms with Gasteiger partial charge in [-0.15, -0.1) is 0 Å². The number of sulfone groups is 1. The van der Waals surface area contributed by atoms with Gasteiger partial charge in [-0.1, -0.05) is 42.5 Å². The number of anilines is 1. The summed E-state index contributed by atoms with van der Waals surface area (Å²) in [5, 5.41) is 10.5. The molecule has 180 valence electrons. The number of amides is 1. The first-order valence-electron chi connectivity index (χ1n) is 11.1. The van der Waals surface area contributed by atoms with Crippen molar-refractivity contribution in [1.29, 1.82) is 0 Å². The van der Waals surface area contributed by atoms with Crippen molar-refractivity contribution < 1.29 is 17.6 Å². The maximum Gasteiger partial charge on any atom is 0.228 e. The second kappa shape index (κ2) is 9.35. The van der Waals surface area contributed by atoms with Crippen molar-refractivity contribution in [3.05, 3.63) is 96.4 Å². The Kier molecular flexibility index (Phi) is 6.07. The molecule has 0 spiro atoms. The molecule has 9 heteroatoms. The number of rotatable bonds is 6. The summed E-state index contributed by atoms with van der Waals surface area (Å²) < 4.78 is 38.5. The Morgan fingerprint density at radius 1 is 0.944 bits per heavy atom. The van der Waals surface area contributed by atoms with Gasteiger partial charge in [0.1, 0.15) is 5.82 Å². The van der Waals surface area contributed by atoms with Gasteiger partial charge in [-0.2, -0.15) is 5.10 Å². The average Bonchev–Trinajstić information content (AvgIpc) is 3.27. The third-order valence-electron chi connectivity index (χ3n) is 5.68. The number of aromatic amines is 1. The average molecular weight is 501 g/mol. The van der Waals surface area contributed by atoms with Gasteiger partial charge in [-0.05, 0) is 47.5 Å². The first-order chi connectivity index (χ1) is 17.3. The SMILES string of the molecule is CS(=O)(=O)c1cccc(-c2cnc3n[nH]c(-c4cc(F)cc(NC(=O)Cc5ccccc5)c4)c3c2)c1. The molecule has 0 atom stereocenters. The van der Waals surface area contributed by atoms with Crippen molar-refractivity contribution in [3.63, 3.8) is 0 Å². The summed E-state index contributed by atoms with van der Waals surface area (Å²) in [6.07, 6.45) is 2.93. The Bertz CT molecular complexity index is 1700. The maximum absolute atomic E-state index is 14.5. The zero-order valence-corrected chi connectivity index (χ0v) is 20.0. The van der Waals surface area contributed by atoms with E-state index in [4.69, 9.17) is 0 Å². The molecule has 0 saturated carbocycles. The lowest BCUT2D eigenvalue weighted by molar-refractivity contribution is -0.115. The molecule has 2 N–H and O–H groups in total.